The van der Waals surface area contributed by atoms with Crippen molar-refractivity contribution in [1.82, 2.24) is 24.7 Å². The number of nitrogens with zero attached hydrogens (tertiary/aromatic N) is 7. The van der Waals surface area contributed by atoms with Gasteiger partial charge in [0.2, 0.25) is 0 Å². The summed E-state index contributed by atoms with van der Waals surface area (Å²) in [5.41, 5.74) is -0.191. The van der Waals surface area contributed by atoms with E-state index in [0.29, 0.717) is 30.2 Å². The molecule has 0 spiro atoms. The largest absolute Gasteiger partial charge is 0.433 e. The standard InChI is InChI=1S/C19H18F5N7/c20-15(21)10-31-18-11(8-26-31)25-9-17(28-18)30-7-5-12-13(30)4-6-29(12)16-3-1-2-14(27-16)19(22,23)24/h1-3,8-9,12-13,15H,4-7,10H2/t12-,13-/m0/s1. The lowest BCUT2D eigenvalue weighted by atomic mass is 10.1. The Kier molecular flexibility index (Phi) is 4.67. The van der Waals surface area contributed by atoms with Crippen LogP contribution >= 0.6 is 0 Å². The molecule has 2 saturated heterocycles. The van der Waals surface area contributed by atoms with Crippen LogP contribution in [0.3, 0.4) is 0 Å². The van der Waals surface area contributed by atoms with Crippen molar-refractivity contribution in [3.63, 3.8) is 0 Å². The van der Waals surface area contributed by atoms with Gasteiger partial charge in [0.15, 0.2) is 5.65 Å². The third-order valence-corrected chi connectivity index (χ3v) is 5.83. The minimum atomic E-state index is -4.50. The van der Waals surface area contributed by atoms with Gasteiger partial charge in [-0.15, -0.1) is 0 Å². The Morgan fingerprint density at radius 3 is 2.35 bits per heavy atom. The maximum Gasteiger partial charge on any atom is 0.433 e. The van der Waals surface area contributed by atoms with Crippen molar-refractivity contribution in [1.29, 1.82) is 0 Å². The van der Waals surface area contributed by atoms with Gasteiger partial charge in [-0.3, -0.25) is 0 Å². The van der Waals surface area contributed by atoms with E-state index in [1.165, 1.54) is 12.3 Å². The van der Waals surface area contributed by atoms with Crippen molar-refractivity contribution in [3.05, 3.63) is 36.3 Å². The third kappa shape index (κ3) is 3.53. The summed E-state index contributed by atoms with van der Waals surface area (Å²) in [7, 11) is 0. The molecule has 0 N–H and O–H groups in total. The van der Waals surface area contributed by atoms with Gasteiger partial charge in [-0.2, -0.15) is 18.3 Å². The highest BCUT2D eigenvalue weighted by Gasteiger charge is 2.44. The van der Waals surface area contributed by atoms with Crippen molar-refractivity contribution in [2.24, 2.45) is 0 Å². The number of pyridine rings is 1. The number of aromatic nitrogens is 5. The van der Waals surface area contributed by atoms with Gasteiger partial charge in [0.05, 0.1) is 24.5 Å². The fourth-order valence-electron chi connectivity index (χ4n) is 4.54. The van der Waals surface area contributed by atoms with Crippen molar-refractivity contribution in [3.8, 4) is 0 Å². The normalized spacial score (nSPS) is 21.5. The van der Waals surface area contributed by atoms with E-state index >= 15 is 0 Å². The lowest BCUT2D eigenvalue weighted by Gasteiger charge is -2.27. The van der Waals surface area contributed by atoms with Crippen molar-refractivity contribution in [2.45, 2.75) is 44.1 Å². The second-order valence-corrected chi connectivity index (χ2v) is 7.63. The third-order valence-electron chi connectivity index (χ3n) is 5.83. The number of halogens is 5. The molecule has 0 aliphatic carbocycles. The zero-order valence-electron chi connectivity index (χ0n) is 16.2. The Morgan fingerprint density at radius 2 is 1.68 bits per heavy atom. The molecular formula is C19H18F5N7. The molecule has 31 heavy (non-hydrogen) atoms. The molecule has 0 bridgehead atoms. The van der Waals surface area contributed by atoms with Crippen LogP contribution in [0.5, 0.6) is 0 Å². The number of alkyl halides is 5. The summed E-state index contributed by atoms with van der Waals surface area (Å²) in [6, 6.07) is 3.93. The fourth-order valence-corrected chi connectivity index (χ4v) is 4.54. The summed E-state index contributed by atoms with van der Waals surface area (Å²) in [5.74, 6) is 0.857. The molecule has 2 fully saturated rings. The van der Waals surface area contributed by atoms with Crippen LogP contribution in [0.1, 0.15) is 18.5 Å². The fraction of sp³-hybridized carbons (Fsp3) is 0.474. The molecule has 2 atom stereocenters. The van der Waals surface area contributed by atoms with Crippen LogP contribution in [-0.2, 0) is 12.7 Å². The molecule has 0 unspecified atom stereocenters. The van der Waals surface area contributed by atoms with Gasteiger partial charge in [0, 0.05) is 13.1 Å². The van der Waals surface area contributed by atoms with Crippen LogP contribution in [0, 0.1) is 0 Å². The second-order valence-electron chi connectivity index (χ2n) is 7.63. The number of anilines is 2. The van der Waals surface area contributed by atoms with Gasteiger partial charge in [0.25, 0.3) is 6.43 Å². The number of rotatable bonds is 4. The highest BCUT2D eigenvalue weighted by molar-refractivity contribution is 5.71. The summed E-state index contributed by atoms with van der Waals surface area (Å²) in [6.07, 6.45) is -2.63. The Balaban J connectivity index is 1.40. The Labute approximate surface area is 173 Å². The maximum atomic E-state index is 13.1. The monoisotopic (exact) mass is 439 g/mol. The smallest absolute Gasteiger partial charge is 0.351 e. The summed E-state index contributed by atoms with van der Waals surface area (Å²) < 4.78 is 65.9. The van der Waals surface area contributed by atoms with Gasteiger partial charge < -0.3 is 9.80 Å². The molecule has 7 nitrogen and oxygen atoms in total. The van der Waals surface area contributed by atoms with Crippen LogP contribution in [0.4, 0.5) is 33.6 Å². The Morgan fingerprint density at radius 1 is 0.968 bits per heavy atom. The van der Waals surface area contributed by atoms with E-state index < -0.39 is 24.8 Å². The molecule has 0 saturated carbocycles. The molecule has 3 aromatic rings. The minimum absolute atomic E-state index is 0.0144. The average Bonchev–Trinajstić information content (AvgIpc) is 3.42. The van der Waals surface area contributed by atoms with Crippen LogP contribution in [0.2, 0.25) is 0 Å². The van der Waals surface area contributed by atoms with Crippen LogP contribution < -0.4 is 9.80 Å². The first kappa shape index (κ1) is 19.9. The molecule has 0 amide bonds. The second kappa shape index (κ2) is 7.27. The zero-order valence-corrected chi connectivity index (χ0v) is 16.2. The van der Waals surface area contributed by atoms with Crippen molar-refractivity contribution >= 4 is 22.8 Å². The van der Waals surface area contributed by atoms with E-state index in [0.717, 1.165) is 23.6 Å². The van der Waals surface area contributed by atoms with Gasteiger partial charge in [-0.1, -0.05) is 6.07 Å². The van der Waals surface area contributed by atoms with E-state index in [1.807, 2.05) is 9.80 Å². The van der Waals surface area contributed by atoms with Gasteiger partial charge in [0.1, 0.15) is 29.4 Å². The Bertz CT molecular complexity index is 1100. The highest BCUT2D eigenvalue weighted by atomic mass is 19.4. The van der Waals surface area contributed by atoms with Crippen LogP contribution in [0.15, 0.2) is 30.6 Å². The maximum absolute atomic E-state index is 13.1. The lowest BCUT2D eigenvalue weighted by molar-refractivity contribution is -0.141. The minimum Gasteiger partial charge on any atom is -0.351 e. The van der Waals surface area contributed by atoms with E-state index in [4.69, 9.17) is 0 Å². The van der Waals surface area contributed by atoms with Crippen LogP contribution in [0.25, 0.3) is 11.2 Å². The summed E-state index contributed by atoms with van der Waals surface area (Å²) >= 11 is 0. The molecular weight excluding hydrogens is 421 g/mol. The quantitative estimate of drug-likeness (QED) is 0.581. The van der Waals surface area contributed by atoms with E-state index in [2.05, 4.69) is 20.1 Å². The molecule has 5 rings (SSSR count). The SMILES string of the molecule is FC(F)Cn1ncc2ncc(N3CC[C@H]4[C@@H]3CCN4c3cccc(C(F)(F)F)n3)nc21. The van der Waals surface area contributed by atoms with Crippen molar-refractivity contribution < 1.29 is 22.0 Å². The zero-order chi connectivity index (χ0) is 21.8. The predicted molar refractivity (Wildman–Crippen MR) is 102 cm³/mol. The number of hydrogen-bond donors (Lipinski definition) is 0. The molecule has 0 aromatic carbocycles. The van der Waals surface area contributed by atoms with E-state index in [-0.39, 0.29) is 17.7 Å². The lowest BCUT2D eigenvalue weighted by Crippen LogP contribution is -2.37. The molecule has 12 heteroatoms. The summed E-state index contributed by atoms with van der Waals surface area (Å²) in [6.45, 7) is 0.635. The van der Waals surface area contributed by atoms with E-state index in [1.54, 1.807) is 12.3 Å². The molecule has 3 aromatic heterocycles. The first-order chi connectivity index (χ1) is 14.8. The molecule has 2 aliphatic heterocycles. The summed E-state index contributed by atoms with van der Waals surface area (Å²) in [5, 5.41) is 3.93. The van der Waals surface area contributed by atoms with E-state index in [9.17, 15) is 22.0 Å². The van der Waals surface area contributed by atoms with Gasteiger partial charge >= 0.3 is 6.18 Å². The van der Waals surface area contributed by atoms with Gasteiger partial charge in [-0.25, -0.2) is 28.4 Å². The predicted octanol–water partition coefficient (Wildman–Crippen LogP) is 3.36. The molecule has 2 aliphatic rings. The first-order valence-corrected chi connectivity index (χ1v) is 9.85. The molecule has 5 heterocycles. The highest BCUT2D eigenvalue weighted by Crippen LogP contribution is 2.37. The average molecular weight is 439 g/mol. The number of fused-ring (bicyclic) bond motifs is 2. The van der Waals surface area contributed by atoms with Crippen LogP contribution in [-0.4, -0.2) is 56.3 Å². The topological polar surface area (TPSA) is 63.0 Å². The molecule has 0 radical (unpaired) electrons. The van der Waals surface area contributed by atoms with Gasteiger partial charge in [-0.05, 0) is 25.0 Å². The number of hydrogen-bond acceptors (Lipinski definition) is 6. The van der Waals surface area contributed by atoms with Crippen molar-refractivity contribution in [2.75, 3.05) is 22.9 Å². The molecule has 164 valence electrons. The summed E-state index contributed by atoms with van der Waals surface area (Å²) in [4.78, 5) is 16.6. The first-order valence-electron chi connectivity index (χ1n) is 9.85. The Hall–Kier alpha value is -3.05.